The Morgan fingerprint density at radius 1 is 0.889 bits per heavy atom. The molecular weight excluding hydrogens is 377 g/mol. The predicted molar refractivity (Wildman–Crippen MR) is 131 cm³/mol. The van der Waals surface area contributed by atoms with E-state index in [-0.39, 0.29) is 5.92 Å². The van der Waals surface area contributed by atoms with Gasteiger partial charge in [-0.1, -0.05) is 88.5 Å². The quantitative estimate of drug-likeness (QED) is 0.272. The van der Waals surface area contributed by atoms with Crippen LogP contribution in [-0.2, 0) is 4.43 Å². The van der Waals surface area contributed by atoms with E-state index in [0.717, 1.165) is 11.3 Å². The van der Waals surface area contributed by atoms with Crippen LogP contribution in [0, 0.1) is 17.4 Å². The molecule has 0 spiro atoms. The van der Waals surface area contributed by atoms with Crippen LogP contribution in [-0.4, -0.2) is 24.5 Å². The maximum Gasteiger partial charge on any atom is 0.242 e. The Hall–Kier alpha value is -1.29. The zero-order chi connectivity index (χ0) is 20.9. The van der Waals surface area contributed by atoms with E-state index in [0.29, 0.717) is 0 Å². The van der Waals surface area contributed by atoms with Crippen LogP contribution in [0.1, 0.15) is 12.5 Å². The van der Waals surface area contributed by atoms with Crippen LogP contribution in [0.4, 0.5) is 0 Å². The highest BCUT2D eigenvalue weighted by molar-refractivity contribution is 6.86. The van der Waals surface area contributed by atoms with Gasteiger partial charge in [0.1, 0.15) is 13.8 Å². The SMILES string of the molecule is CC(/C=C(\O[Si](C)(C)C)c1ccccc1)/C=C(\C#C[Si](C)(C)C)[Si](C)(C)C. The van der Waals surface area contributed by atoms with Crippen molar-refractivity contribution in [2.75, 3.05) is 0 Å². The average molecular weight is 415 g/mol. The smallest absolute Gasteiger partial charge is 0.242 e. The molecule has 0 radical (unpaired) electrons. The molecule has 0 aliphatic carbocycles. The first-order valence-corrected chi connectivity index (χ1v) is 20.3. The minimum absolute atomic E-state index is 0.286. The van der Waals surface area contributed by atoms with E-state index < -0.39 is 24.5 Å². The number of hydrogen-bond acceptors (Lipinski definition) is 1. The molecule has 0 saturated carbocycles. The lowest BCUT2D eigenvalue weighted by atomic mass is 10.1. The van der Waals surface area contributed by atoms with Gasteiger partial charge in [0.15, 0.2) is 0 Å². The van der Waals surface area contributed by atoms with E-state index in [1.807, 2.05) is 6.07 Å². The van der Waals surface area contributed by atoms with Crippen LogP contribution in [0.3, 0.4) is 0 Å². The van der Waals surface area contributed by atoms with Gasteiger partial charge in [0.25, 0.3) is 0 Å². The summed E-state index contributed by atoms with van der Waals surface area (Å²) in [5, 5.41) is 1.36. The van der Waals surface area contributed by atoms with Crippen LogP contribution in [0.15, 0.2) is 47.7 Å². The number of benzene rings is 1. The molecule has 0 saturated heterocycles. The standard InChI is InChI=1S/C23H38OSi3/c1-20(18-22(26(5,6)7)16-17-25(2,3)4)19-23(24-27(8,9)10)21-14-12-11-13-15-21/h11-15,18-20H,1-10H3/b22-18+,23-19-. The molecule has 0 aliphatic heterocycles. The first-order valence-electron chi connectivity index (χ1n) is 9.89. The van der Waals surface area contributed by atoms with Crippen molar-refractivity contribution in [2.45, 2.75) is 65.8 Å². The van der Waals surface area contributed by atoms with Gasteiger partial charge in [-0.05, 0) is 36.8 Å². The molecule has 148 valence electrons. The second kappa shape index (κ2) is 9.27. The second-order valence-electron chi connectivity index (χ2n) is 10.3. The maximum atomic E-state index is 6.43. The molecule has 1 aromatic rings. The monoisotopic (exact) mass is 414 g/mol. The maximum absolute atomic E-state index is 6.43. The van der Waals surface area contributed by atoms with Gasteiger partial charge in [0.05, 0.1) is 8.07 Å². The highest BCUT2D eigenvalue weighted by atomic mass is 28.4. The molecule has 0 heterocycles. The van der Waals surface area contributed by atoms with Crippen molar-refractivity contribution in [3.8, 4) is 11.5 Å². The summed E-state index contributed by atoms with van der Waals surface area (Å²) < 4.78 is 6.43. The van der Waals surface area contributed by atoms with E-state index in [1.165, 1.54) is 5.20 Å². The van der Waals surface area contributed by atoms with E-state index in [2.05, 4.69) is 114 Å². The fraction of sp³-hybridized carbons (Fsp3) is 0.478. The van der Waals surface area contributed by atoms with Gasteiger partial charge in [0.2, 0.25) is 8.32 Å². The molecule has 1 atom stereocenters. The van der Waals surface area contributed by atoms with Crippen molar-refractivity contribution in [1.82, 2.24) is 0 Å². The van der Waals surface area contributed by atoms with Crippen LogP contribution in [0.2, 0.25) is 58.9 Å². The fourth-order valence-corrected chi connectivity index (χ4v) is 5.09. The third kappa shape index (κ3) is 9.99. The summed E-state index contributed by atoms with van der Waals surface area (Å²) in [6.07, 6.45) is 4.64. The Morgan fingerprint density at radius 3 is 1.89 bits per heavy atom. The molecule has 27 heavy (non-hydrogen) atoms. The minimum atomic E-state index is -1.69. The molecule has 1 aromatic carbocycles. The van der Waals surface area contributed by atoms with Gasteiger partial charge in [-0.3, -0.25) is 0 Å². The minimum Gasteiger partial charge on any atom is -0.544 e. The summed E-state index contributed by atoms with van der Waals surface area (Å²) in [6.45, 7) is 23.0. The first-order chi connectivity index (χ1) is 12.2. The summed E-state index contributed by atoms with van der Waals surface area (Å²) in [6, 6.07) is 10.5. The molecule has 1 nitrogen and oxygen atoms in total. The second-order valence-corrected chi connectivity index (χ2v) is 24.5. The third-order valence-corrected chi connectivity index (χ3v) is 7.31. The highest BCUT2D eigenvalue weighted by Crippen LogP contribution is 2.25. The van der Waals surface area contributed by atoms with Gasteiger partial charge >= 0.3 is 0 Å². The highest BCUT2D eigenvalue weighted by Gasteiger charge is 2.21. The number of hydrogen-bond donors (Lipinski definition) is 0. The average Bonchev–Trinajstić information content (AvgIpc) is 2.48. The number of rotatable bonds is 6. The van der Waals surface area contributed by atoms with Crippen molar-refractivity contribution in [3.05, 3.63) is 53.2 Å². The van der Waals surface area contributed by atoms with Crippen LogP contribution in [0.5, 0.6) is 0 Å². The largest absolute Gasteiger partial charge is 0.544 e. The molecule has 0 amide bonds. The lowest BCUT2D eigenvalue weighted by Crippen LogP contribution is -2.25. The molecule has 0 aliphatic rings. The van der Waals surface area contributed by atoms with E-state index >= 15 is 0 Å². The summed E-state index contributed by atoms with van der Waals surface area (Å²) in [5.41, 5.74) is 4.72. The topological polar surface area (TPSA) is 9.23 Å². The first kappa shape index (κ1) is 23.7. The Kier molecular flexibility index (Phi) is 8.15. The molecule has 4 heteroatoms. The van der Waals surface area contributed by atoms with E-state index in [4.69, 9.17) is 4.43 Å². The van der Waals surface area contributed by atoms with Crippen LogP contribution < -0.4 is 0 Å². The third-order valence-electron chi connectivity index (χ3n) is 3.70. The van der Waals surface area contributed by atoms with Gasteiger partial charge in [-0.2, -0.15) is 0 Å². The summed E-state index contributed by atoms with van der Waals surface area (Å²) in [5.74, 6) is 4.86. The van der Waals surface area contributed by atoms with E-state index in [1.54, 1.807) is 0 Å². The van der Waals surface area contributed by atoms with Crippen molar-refractivity contribution >= 4 is 30.2 Å². The lowest BCUT2D eigenvalue weighted by molar-refractivity contribution is 0.510. The zero-order valence-corrected chi connectivity index (χ0v) is 22.0. The van der Waals surface area contributed by atoms with Crippen molar-refractivity contribution in [2.24, 2.45) is 5.92 Å². The summed E-state index contributed by atoms with van der Waals surface area (Å²) in [7, 11) is -4.55. The lowest BCUT2D eigenvalue weighted by Gasteiger charge is -2.23. The Morgan fingerprint density at radius 2 is 1.44 bits per heavy atom. The van der Waals surface area contributed by atoms with Gasteiger partial charge in [-0.15, -0.1) is 5.54 Å². The number of allylic oxidation sites excluding steroid dienone is 3. The molecular formula is C23H38OSi3. The fourth-order valence-electron chi connectivity index (χ4n) is 2.41. The Labute approximate surface area is 171 Å². The van der Waals surface area contributed by atoms with Gasteiger partial charge in [0, 0.05) is 5.56 Å². The molecule has 0 aromatic heterocycles. The Balaban J connectivity index is 3.31. The zero-order valence-electron chi connectivity index (χ0n) is 19.0. The van der Waals surface area contributed by atoms with Gasteiger partial charge in [-0.25, -0.2) is 0 Å². The molecule has 0 fully saturated rings. The molecule has 1 unspecified atom stereocenters. The summed E-state index contributed by atoms with van der Waals surface area (Å²) in [4.78, 5) is 0. The molecule has 0 N–H and O–H groups in total. The van der Waals surface area contributed by atoms with Crippen molar-refractivity contribution in [1.29, 1.82) is 0 Å². The molecule has 0 bridgehead atoms. The molecule has 1 rings (SSSR count). The normalized spacial score (nSPS) is 15.0. The summed E-state index contributed by atoms with van der Waals surface area (Å²) >= 11 is 0. The van der Waals surface area contributed by atoms with E-state index in [9.17, 15) is 0 Å². The van der Waals surface area contributed by atoms with Crippen LogP contribution >= 0.6 is 0 Å². The van der Waals surface area contributed by atoms with Crippen LogP contribution in [0.25, 0.3) is 5.76 Å². The van der Waals surface area contributed by atoms with Gasteiger partial charge < -0.3 is 4.43 Å². The predicted octanol–water partition coefficient (Wildman–Crippen LogP) is 7.20. The Bertz CT molecular complexity index is 730. The van der Waals surface area contributed by atoms with Crippen molar-refractivity contribution in [3.63, 3.8) is 0 Å². The van der Waals surface area contributed by atoms with Crippen molar-refractivity contribution < 1.29 is 4.43 Å².